The van der Waals surface area contributed by atoms with Gasteiger partial charge in [0.2, 0.25) is 5.91 Å². The van der Waals surface area contributed by atoms with E-state index in [-0.39, 0.29) is 11.7 Å². The molecule has 0 bridgehead atoms. The number of nitrogens with zero attached hydrogens (tertiary/aromatic N) is 1. The summed E-state index contributed by atoms with van der Waals surface area (Å²) in [5.41, 5.74) is 1.56. The van der Waals surface area contributed by atoms with Crippen LogP contribution in [0.2, 0.25) is 0 Å². The molecule has 3 nitrogen and oxygen atoms in total. The third-order valence-electron chi connectivity index (χ3n) is 7.31. The Kier molecular flexibility index (Phi) is 4.81. The number of likely N-dealkylation sites (tertiary alicyclic amines) is 1. The van der Waals surface area contributed by atoms with Crippen molar-refractivity contribution in [1.82, 2.24) is 10.2 Å². The predicted octanol–water partition coefficient (Wildman–Crippen LogP) is 4.00. The molecule has 0 aromatic heterocycles. The molecule has 2 aliphatic heterocycles. The Balaban J connectivity index is 1.46. The summed E-state index contributed by atoms with van der Waals surface area (Å²) in [5.74, 6) is 1.60. The van der Waals surface area contributed by atoms with Crippen molar-refractivity contribution in [1.29, 1.82) is 0 Å². The van der Waals surface area contributed by atoms with Gasteiger partial charge in [0.05, 0.1) is 5.41 Å². The average molecular weight is 359 g/mol. The van der Waals surface area contributed by atoms with Crippen LogP contribution < -0.4 is 5.32 Å². The Labute approximate surface area is 156 Å². The molecular formula is C22H31FN2O. The fourth-order valence-corrected chi connectivity index (χ4v) is 5.54. The van der Waals surface area contributed by atoms with E-state index in [1.54, 1.807) is 6.07 Å². The molecule has 142 valence electrons. The maximum Gasteiger partial charge on any atom is 0.231 e. The first kappa shape index (κ1) is 18.0. The second-order valence-corrected chi connectivity index (χ2v) is 8.91. The molecule has 3 aliphatic rings. The fourth-order valence-electron chi connectivity index (χ4n) is 5.54. The molecule has 1 saturated carbocycles. The number of benzene rings is 1. The number of rotatable bonds is 2. The normalized spacial score (nSPS) is 28.8. The molecule has 1 aromatic carbocycles. The number of fused-ring (bicyclic) bond motifs is 2. The van der Waals surface area contributed by atoms with Crippen molar-refractivity contribution in [2.24, 2.45) is 11.8 Å². The van der Waals surface area contributed by atoms with E-state index < -0.39 is 5.41 Å². The largest absolute Gasteiger partial charge is 0.351 e. The third kappa shape index (κ3) is 3.06. The molecule has 2 fully saturated rings. The van der Waals surface area contributed by atoms with Gasteiger partial charge in [-0.05, 0) is 86.7 Å². The lowest BCUT2D eigenvalue weighted by Gasteiger charge is -2.47. The van der Waals surface area contributed by atoms with Crippen molar-refractivity contribution in [2.45, 2.75) is 70.4 Å². The highest BCUT2D eigenvalue weighted by atomic mass is 19.1. The second-order valence-electron chi connectivity index (χ2n) is 8.91. The number of carbonyl (C=O) groups is 1. The van der Waals surface area contributed by atoms with E-state index >= 15 is 0 Å². The molecule has 1 aromatic rings. The number of carbonyl (C=O) groups excluding carboxylic acids is 1. The first-order valence-electron chi connectivity index (χ1n) is 10.3. The van der Waals surface area contributed by atoms with Gasteiger partial charge in [-0.25, -0.2) is 4.39 Å². The summed E-state index contributed by atoms with van der Waals surface area (Å²) in [4.78, 5) is 15.4. The number of amides is 1. The summed E-state index contributed by atoms with van der Waals surface area (Å²) in [6.45, 7) is 7.09. The standard InChI is InChI=1S/C22H31FN2O/c1-15(2)16-3-6-19(7-4-16)25-11-9-22(10-12-25)20-8-5-18(23)13-17(20)14-24-21(22)26/h5,8,13,15-16,19H,3-4,6-7,9-12,14H2,1-2H3,(H,24,26). The highest BCUT2D eigenvalue weighted by Crippen LogP contribution is 2.42. The lowest BCUT2D eigenvalue weighted by Crippen LogP contribution is -2.56. The van der Waals surface area contributed by atoms with Crippen LogP contribution in [0.5, 0.6) is 0 Å². The van der Waals surface area contributed by atoms with Crippen LogP contribution in [0.25, 0.3) is 0 Å². The van der Waals surface area contributed by atoms with Crippen molar-refractivity contribution >= 4 is 5.91 Å². The number of nitrogens with one attached hydrogen (secondary N) is 1. The maximum atomic E-state index is 13.6. The zero-order valence-corrected chi connectivity index (χ0v) is 16.1. The minimum Gasteiger partial charge on any atom is -0.351 e. The van der Waals surface area contributed by atoms with Crippen LogP contribution in [0.3, 0.4) is 0 Å². The van der Waals surface area contributed by atoms with Crippen molar-refractivity contribution in [2.75, 3.05) is 13.1 Å². The Morgan fingerprint density at radius 2 is 1.85 bits per heavy atom. The van der Waals surface area contributed by atoms with E-state index in [0.29, 0.717) is 12.6 Å². The Bertz CT molecular complexity index is 671. The third-order valence-corrected chi connectivity index (χ3v) is 7.31. The summed E-state index contributed by atoms with van der Waals surface area (Å²) in [6.07, 6.45) is 6.97. The molecular weight excluding hydrogens is 327 g/mol. The summed E-state index contributed by atoms with van der Waals surface area (Å²) in [7, 11) is 0. The molecule has 1 saturated heterocycles. The molecule has 4 rings (SSSR count). The van der Waals surface area contributed by atoms with E-state index in [4.69, 9.17) is 0 Å². The quantitative estimate of drug-likeness (QED) is 0.866. The van der Waals surface area contributed by atoms with Gasteiger partial charge in [0.1, 0.15) is 5.82 Å². The summed E-state index contributed by atoms with van der Waals surface area (Å²) < 4.78 is 13.6. The lowest BCUT2D eigenvalue weighted by atomic mass is 9.68. The summed E-state index contributed by atoms with van der Waals surface area (Å²) in [5, 5.41) is 3.01. The molecule has 2 heterocycles. The van der Waals surface area contributed by atoms with E-state index in [1.807, 2.05) is 6.07 Å². The van der Waals surface area contributed by atoms with Crippen LogP contribution >= 0.6 is 0 Å². The highest BCUT2D eigenvalue weighted by Gasteiger charge is 2.47. The van der Waals surface area contributed by atoms with Gasteiger partial charge in [0.15, 0.2) is 0 Å². The first-order chi connectivity index (χ1) is 12.5. The second kappa shape index (κ2) is 6.95. The molecule has 4 heteroatoms. The molecule has 26 heavy (non-hydrogen) atoms. The summed E-state index contributed by atoms with van der Waals surface area (Å²) >= 11 is 0. The first-order valence-corrected chi connectivity index (χ1v) is 10.3. The molecule has 1 N–H and O–H groups in total. The van der Waals surface area contributed by atoms with Crippen LogP contribution in [0.15, 0.2) is 18.2 Å². The van der Waals surface area contributed by atoms with Gasteiger partial charge in [-0.1, -0.05) is 19.9 Å². The molecule has 0 radical (unpaired) electrons. The van der Waals surface area contributed by atoms with Gasteiger partial charge in [-0.2, -0.15) is 0 Å². The van der Waals surface area contributed by atoms with Gasteiger partial charge in [0, 0.05) is 12.6 Å². The Morgan fingerprint density at radius 3 is 2.50 bits per heavy atom. The molecule has 0 atom stereocenters. The Hall–Kier alpha value is -1.42. The SMILES string of the molecule is CC(C)C1CCC(N2CCC3(CC2)C(=O)NCc2cc(F)ccc23)CC1. The predicted molar refractivity (Wildman–Crippen MR) is 101 cm³/mol. The lowest BCUT2D eigenvalue weighted by molar-refractivity contribution is -0.130. The average Bonchev–Trinajstić information content (AvgIpc) is 2.65. The number of piperidine rings is 1. The zero-order chi connectivity index (χ0) is 18.3. The van der Waals surface area contributed by atoms with E-state index in [2.05, 4.69) is 24.1 Å². The molecule has 1 amide bonds. The van der Waals surface area contributed by atoms with Crippen molar-refractivity contribution in [3.05, 3.63) is 35.1 Å². The van der Waals surface area contributed by atoms with E-state index in [0.717, 1.165) is 48.9 Å². The molecule has 1 spiro atoms. The maximum absolute atomic E-state index is 13.6. The van der Waals surface area contributed by atoms with Crippen LogP contribution in [0, 0.1) is 17.7 Å². The minimum absolute atomic E-state index is 0.139. The summed E-state index contributed by atoms with van der Waals surface area (Å²) in [6, 6.07) is 5.64. The fraction of sp³-hybridized carbons (Fsp3) is 0.682. The van der Waals surface area contributed by atoms with Crippen molar-refractivity contribution < 1.29 is 9.18 Å². The van der Waals surface area contributed by atoms with Crippen molar-refractivity contribution in [3.8, 4) is 0 Å². The van der Waals surface area contributed by atoms with Crippen molar-refractivity contribution in [3.63, 3.8) is 0 Å². The minimum atomic E-state index is -0.451. The zero-order valence-electron chi connectivity index (χ0n) is 16.1. The Morgan fingerprint density at radius 1 is 1.15 bits per heavy atom. The topological polar surface area (TPSA) is 32.3 Å². The van der Waals surface area contributed by atoms with Gasteiger partial charge in [-0.15, -0.1) is 0 Å². The number of halogens is 1. The highest BCUT2D eigenvalue weighted by molar-refractivity contribution is 5.90. The number of hydrogen-bond donors (Lipinski definition) is 1. The molecule has 0 unspecified atom stereocenters. The van der Waals surface area contributed by atoms with E-state index in [9.17, 15) is 9.18 Å². The number of hydrogen-bond acceptors (Lipinski definition) is 2. The van der Waals surface area contributed by atoms with Crippen LogP contribution in [0.1, 0.15) is 63.5 Å². The van der Waals surface area contributed by atoms with E-state index in [1.165, 1.54) is 31.7 Å². The van der Waals surface area contributed by atoms with Gasteiger partial charge >= 0.3 is 0 Å². The van der Waals surface area contributed by atoms with Crippen LogP contribution in [0.4, 0.5) is 4.39 Å². The van der Waals surface area contributed by atoms with Gasteiger partial charge in [-0.3, -0.25) is 4.79 Å². The van der Waals surface area contributed by atoms with Gasteiger partial charge in [0.25, 0.3) is 0 Å². The monoisotopic (exact) mass is 358 g/mol. The smallest absolute Gasteiger partial charge is 0.231 e. The molecule has 1 aliphatic carbocycles. The van der Waals surface area contributed by atoms with Crippen LogP contribution in [-0.2, 0) is 16.8 Å². The van der Waals surface area contributed by atoms with Gasteiger partial charge < -0.3 is 10.2 Å². The van der Waals surface area contributed by atoms with Crippen LogP contribution in [-0.4, -0.2) is 29.9 Å².